The predicted molar refractivity (Wildman–Crippen MR) is 69.9 cm³/mol. The van der Waals surface area contributed by atoms with Crippen molar-refractivity contribution in [3.63, 3.8) is 0 Å². The topological polar surface area (TPSA) is 32.3 Å². The van der Waals surface area contributed by atoms with Crippen LogP contribution < -0.4 is 5.32 Å². The van der Waals surface area contributed by atoms with E-state index in [1.54, 1.807) is 12.1 Å². The Hall–Kier alpha value is -0.940. The first-order valence-electron chi connectivity index (χ1n) is 6.14. The van der Waals surface area contributed by atoms with E-state index in [1.807, 2.05) is 4.90 Å². The normalized spacial score (nSPS) is 26.4. The lowest BCUT2D eigenvalue weighted by Crippen LogP contribution is -2.39. The summed E-state index contributed by atoms with van der Waals surface area (Å²) in [6.07, 6.45) is 1.04. The molecule has 0 bridgehead atoms. The molecule has 96 valence electrons. The lowest BCUT2D eigenvalue weighted by Gasteiger charge is -2.24. The lowest BCUT2D eigenvalue weighted by atomic mass is 10.0. The van der Waals surface area contributed by atoms with Gasteiger partial charge in [-0.15, -0.1) is 0 Å². The number of benzene rings is 1. The minimum absolute atomic E-state index is 0.0717. The molecule has 2 aliphatic rings. The third-order valence-electron chi connectivity index (χ3n) is 3.89. The highest BCUT2D eigenvalue weighted by Gasteiger charge is 2.40. The van der Waals surface area contributed by atoms with Gasteiger partial charge in [0.15, 0.2) is 0 Å². The van der Waals surface area contributed by atoms with Crippen LogP contribution in [0.1, 0.15) is 16.8 Å². The van der Waals surface area contributed by atoms with E-state index >= 15 is 0 Å². The summed E-state index contributed by atoms with van der Waals surface area (Å²) in [5.41, 5.74) is 0.419. The molecule has 0 unspecified atom stereocenters. The molecule has 18 heavy (non-hydrogen) atoms. The average molecular weight is 313 g/mol. The minimum Gasteiger partial charge on any atom is -0.334 e. The van der Waals surface area contributed by atoms with Crippen molar-refractivity contribution in [1.29, 1.82) is 0 Å². The number of rotatable bonds is 1. The van der Waals surface area contributed by atoms with Gasteiger partial charge in [0, 0.05) is 25.7 Å². The Morgan fingerprint density at radius 2 is 2.28 bits per heavy atom. The number of hydrogen-bond donors (Lipinski definition) is 1. The molecule has 1 aromatic carbocycles. The van der Waals surface area contributed by atoms with E-state index in [2.05, 4.69) is 21.2 Å². The summed E-state index contributed by atoms with van der Waals surface area (Å²) in [5.74, 6) is 0.0972. The number of likely N-dealkylation sites (tertiary alicyclic amines) is 1. The van der Waals surface area contributed by atoms with Gasteiger partial charge in [0.2, 0.25) is 0 Å². The van der Waals surface area contributed by atoms with E-state index in [4.69, 9.17) is 0 Å². The van der Waals surface area contributed by atoms with Gasteiger partial charge in [0.25, 0.3) is 5.91 Å². The van der Waals surface area contributed by atoms with Crippen LogP contribution in [0.4, 0.5) is 4.39 Å². The van der Waals surface area contributed by atoms with Crippen LogP contribution in [0.5, 0.6) is 0 Å². The van der Waals surface area contributed by atoms with E-state index in [0.717, 1.165) is 26.1 Å². The molecule has 0 spiro atoms. The van der Waals surface area contributed by atoms with Crippen molar-refractivity contribution in [3.8, 4) is 0 Å². The molecule has 0 aliphatic carbocycles. The predicted octanol–water partition coefficient (Wildman–Crippen LogP) is 2.02. The molecule has 0 radical (unpaired) electrons. The van der Waals surface area contributed by atoms with Crippen molar-refractivity contribution in [2.45, 2.75) is 12.5 Å². The molecule has 1 amide bonds. The van der Waals surface area contributed by atoms with Gasteiger partial charge >= 0.3 is 0 Å². The number of halogens is 2. The van der Waals surface area contributed by atoms with Crippen LogP contribution in [0.2, 0.25) is 0 Å². The van der Waals surface area contributed by atoms with Gasteiger partial charge in [-0.25, -0.2) is 4.39 Å². The number of carbonyl (C=O) groups is 1. The van der Waals surface area contributed by atoms with Crippen molar-refractivity contribution in [2.75, 3.05) is 19.6 Å². The van der Waals surface area contributed by atoms with Crippen molar-refractivity contribution in [2.24, 2.45) is 5.92 Å². The van der Waals surface area contributed by atoms with Gasteiger partial charge in [0.1, 0.15) is 5.82 Å². The SMILES string of the molecule is O=C(c1cccc(F)c1Br)N1CC[C@H]2CNC[C@H]21. The van der Waals surface area contributed by atoms with Gasteiger partial charge < -0.3 is 10.2 Å². The largest absolute Gasteiger partial charge is 0.334 e. The molecule has 2 atom stereocenters. The molecule has 2 heterocycles. The maximum atomic E-state index is 13.5. The first-order chi connectivity index (χ1) is 8.68. The molecular formula is C13H14BrFN2O. The Bertz CT molecular complexity index is 494. The van der Waals surface area contributed by atoms with Crippen LogP contribution in [-0.2, 0) is 0 Å². The van der Waals surface area contributed by atoms with Crippen molar-refractivity contribution < 1.29 is 9.18 Å². The number of fused-ring (bicyclic) bond motifs is 1. The number of nitrogens with zero attached hydrogens (tertiary/aromatic N) is 1. The van der Waals surface area contributed by atoms with Gasteiger partial charge in [-0.05, 0) is 40.4 Å². The zero-order chi connectivity index (χ0) is 12.7. The van der Waals surface area contributed by atoms with E-state index in [9.17, 15) is 9.18 Å². The fourth-order valence-electron chi connectivity index (χ4n) is 2.93. The van der Waals surface area contributed by atoms with Gasteiger partial charge in [-0.2, -0.15) is 0 Å². The second-order valence-electron chi connectivity index (χ2n) is 4.87. The van der Waals surface area contributed by atoms with Crippen LogP contribution in [0, 0.1) is 11.7 Å². The first kappa shape index (κ1) is 12.1. The van der Waals surface area contributed by atoms with E-state index in [-0.39, 0.29) is 22.2 Å². The summed E-state index contributed by atoms with van der Waals surface area (Å²) < 4.78 is 13.7. The second kappa shape index (κ2) is 4.63. The summed E-state index contributed by atoms with van der Waals surface area (Å²) in [6.45, 7) is 2.61. The van der Waals surface area contributed by atoms with E-state index < -0.39 is 0 Å². The Labute approximate surface area is 113 Å². The standard InChI is InChI=1S/C13H14BrFN2O/c14-12-9(2-1-3-10(12)15)13(18)17-5-4-8-6-16-7-11(8)17/h1-3,8,11,16H,4-7H2/t8-,11+/m0/s1. The molecule has 2 saturated heterocycles. The third-order valence-corrected chi connectivity index (χ3v) is 4.69. The molecule has 3 rings (SSSR count). The monoisotopic (exact) mass is 312 g/mol. The maximum Gasteiger partial charge on any atom is 0.255 e. The number of amides is 1. The van der Waals surface area contributed by atoms with Crippen LogP contribution >= 0.6 is 15.9 Å². The average Bonchev–Trinajstić information content (AvgIpc) is 2.94. The number of carbonyl (C=O) groups excluding carboxylic acids is 1. The van der Waals surface area contributed by atoms with Crippen LogP contribution in [0.25, 0.3) is 0 Å². The highest BCUT2D eigenvalue weighted by atomic mass is 79.9. The lowest BCUT2D eigenvalue weighted by molar-refractivity contribution is 0.0735. The summed E-state index contributed by atoms with van der Waals surface area (Å²) in [7, 11) is 0. The molecule has 1 N–H and O–H groups in total. The molecule has 3 nitrogen and oxygen atoms in total. The summed E-state index contributed by atoms with van der Waals surface area (Å²) >= 11 is 3.16. The van der Waals surface area contributed by atoms with E-state index in [1.165, 1.54) is 6.07 Å². The molecule has 2 fully saturated rings. The molecule has 0 saturated carbocycles. The number of hydrogen-bond acceptors (Lipinski definition) is 2. The first-order valence-corrected chi connectivity index (χ1v) is 6.93. The molecule has 2 aliphatic heterocycles. The highest BCUT2D eigenvalue weighted by Crippen LogP contribution is 2.30. The molecule has 1 aromatic rings. The molecule has 0 aromatic heterocycles. The Morgan fingerprint density at radius 1 is 1.44 bits per heavy atom. The van der Waals surface area contributed by atoms with Crippen LogP contribution in [0.3, 0.4) is 0 Å². The minimum atomic E-state index is -0.388. The van der Waals surface area contributed by atoms with Crippen molar-refractivity contribution in [1.82, 2.24) is 10.2 Å². The second-order valence-corrected chi connectivity index (χ2v) is 5.67. The smallest absolute Gasteiger partial charge is 0.255 e. The van der Waals surface area contributed by atoms with Crippen molar-refractivity contribution in [3.05, 3.63) is 34.1 Å². The van der Waals surface area contributed by atoms with E-state index in [0.29, 0.717) is 11.5 Å². The highest BCUT2D eigenvalue weighted by molar-refractivity contribution is 9.10. The van der Waals surface area contributed by atoms with Crippen LogP contribution in [0.15, 0.2) is 22.7 Å². The maximum absolute atomic E-state index is 13.5. The summed E-state index contributed by atoms with van der Waals surface area (Å²) in [5, 5.41) is 3.31. The fraction of sp³-hybridized carbons (Fsp3) is 0.462. The Kier molecular flexibility index (Phi) is 3.11. The van der Waals surface area contributed by atoms with Gasteiger partial charge in [0.05, 0.1) is 10.0 Å². The molecule has 5 heteroatoms. The quantitative estimate of drug-likeness (QED) is 0.860. The van der Waals surface area contributed by atoms with Crippen LogP contribution in [-0.4, -0.2) is 36.5 Å². The number of nitrogens with one attached hydrogen (secondary N) is 1. The Balaban J connectivity index is 1.88. The third kappa shape index (κ3) is 1.86. The summed E-state index contributed by atoms with van der Waals surface area (Å²) in [6, 6.07) is 4.87. The van der Waals surface area contributed by atoms with Crippen molar-refractivity contribution >= 4 is 21.8 Å². The molecular weight excluding hydrogens is 299 g/mol. The van der Waals surface area contributed by atoms with Gasteiger partial charge in [-0.3, -0.25) is 4.79 Å². The fourth-order valence-corrected chi connectivity index (χ4v) is 3.36. The van der Waals surface area contributed by atoms with Gasteiger partial charge in [-0.1, -0.05) is 6.07 Å². The Morgan fingerprint density at radius 3 is 3.11 bits per heavy atom. The zero-order valence-corrected chi connectivity index (χ0v) is 11.4. The zero-order valence-electron chi connectivity index (χ0n) is 9.83. The summed E-state index contributed by atoms with van der Waals surface area (Å²) in [4.78, 5) is 14.3.